The fourth-order valence-electron chi connectivity index (χ4n) is 1.11. The van der Waals surface area contributed by atoms with E-state index in [0.29, 0.717) is 10.0 Å². The van der Waals surface area contributed by atoms with Crippen LogP contribution in [0.3, 0.4) is 0 Å². The average molecular weight is 287 g/mol. The number of nitro groups is 1. The number of ether oxygens (including phenoxy) is 1. The van der Waals surface area contributed by atoms with E-state index in [4.69, 9.17) is 10.5 Å². The summed E-state index contributed by atoms with van der Waals surface area (Å²) in [6.45, 7) is 4.02. The SMILES string of the molecule is C=C(Br)COc1ccc(CN)cc1[N+](=O)[O-]. The lowest BCUT2D eigenvalue weighted by Gasteiger charge is -2.06. The van der Waals surface area contributed by atoms with Crippen LogP contribution < -0.4 is 10.5 Å². The van der Waals surface area contributed by atoms with Crippen LogP contribution in [0.25, 0.3) is 0 Å². The van der Waals surface area contributed by atoms with Crippen molar-refractivity contribution in [2.45, 2.75) is 6.54 Å². The van der Waals surface area contributed by atoms with Gasteiger partial charge in [0.05, 0.1) is 4.92 Å². The number of rotatable bonds is 5. The molecule has 0 saturated heterocycles. The highest BCUT2D eigenvalue weighted by Crippen LogP contribution is 2.28. The third-order valence-corrected chi connectivity index (χ3v) is 2.07. The first-order chi connectivity index (χ1) is 7.54. The molecule has 1 aromatic rings. The third-order valence-electron chi connectivity index (χ3n) is 1.84. The monoisotopic (exact) mass is 286 g/mol. The van der Waals surface area contributed by atoms with Crippen LogP contribution in [0.4, 0.5) is 5.69 Å². The van der Waals surface area contributed by atoms with Crippen molar-refractivity contribution in [3.63, 3.8) is 0 Å². The molecule has 86 valence electrons. The maximum atomic E-state index is 10.8. The van der Waals surface area contributed by atoms with E-state index in [9.17, 15) is 10.1 Å². The van der Waals surface area contributed by atoms with Gasteiger partial charge >= 0.3 is 5.69 Å². The van der Waals surface area contributed by atoms with Crippen molar-refractivity contribution < 1.29 is 9.66 Å². The summed E-state index contributed by atoms with van der Waals surface area (Å²) >= 11 is 3.11. The van der Waals surface area contributed by atoms with Gasteiger partial charge in [-0.2, -0.15) is 0 Å². The molecule has 0 aliphatic heterocycles. The van der Waals surface area contributed by atoms with E-state index >= 15 is 0 Å². The first-order valence-corrected chi connectivity index (χ1v) is 5.27. The Morgan fingerprint density at radius 3 is 2.81 bits per heavy atom. The lowest BCUT2D eigenvalue weighted by Crippen LogP contribution is -2.02. The van der Waals surface area contributed by atoms with E-state index < -0.39 is 4.92 Å². The Morgan fingerprint density at radius 1 is 1.62 bits per heavy atom. The third kappa shape index (κ3) is 3.32. The van der Waals surface area contributed by atoms with Gasteiger partial charge in [0, 0.05) is 17.1 Å². The zero-order valence-corrected chi connectivity index (χ0v) is 10.1. The minimum absolute atomic E-state index is 0.0864. The molecule has 0 unspecified atom stereocenters. The van der Waals surface area contributed by atoms with Crippen molar-refractivity contribution in [3.05, 3.63) is 44.9 Å². The Bertz CT molecular complexity index is 421. The van der Waals surface area contributed by atoms with Crippen molar-refractivity contribution in [2.24, 2.45) is 5.73 Å². The lowest BCUT2D eigenvalue weighted by molar-refractivity contribution is -0.385. The molecule has 0 aliphatic rings. The van der Waals surface area contributed by atoms with Gasteiger partial charge in [-0.3, -0.25) is 10.1 Å². The highest BCUT2D eigenvalue weighted by Gasteiger charge is 2.15. The standard InChI is InChI=1S/C10H11BrN2O3/c1-7(11)6-16-10-3-2-8(5-12)4-9(10)13(14)15/h2-4H,1,5-6,12H2. The van der Waals surface area contributed by atoms with Gasteiger partial charge in [0.1, 0.15) is 6.61 Å². The fraction of sp³-hybridized carbons (Fsp3) is 0.200. The van der Waals surface area contributed by atoms with E-state index in [2.05, 4.69) is 22.5 Å². The van der Waals surface area contributed by atoms with Crippen molar-refractivity contribution in [1.29, 1.82) is 0 Å². The van der Waals surface area contributed by atoms with Crippen molar-refractivity contribution in [1.82, 2.24) is 0 Å². The molecule has 16 heavy (non-hydrogen) atoms. The fourth-order valence-corrected chi connectivity index (χ4v) is 1.23. The number of benzene rings is 1. The number of nitro benzene ring substituents is 1. The summed E-state index contributed by atoms with van der Waals surface area (Å²) in [5, 5.41) is 10.8. The minimum atomic E-state index is -0.495. The summed E-state index contributed by atoms with van der Waals surface area (Å²) in [6.07, 6.45) is 0. The van der Waals surface area contributed by atoms with E-state index in [-0.39, 0.29) is 24.6 Å². The smallest absolute Gasteiger partial charge is 0.311 e. The number of nitrogens with two attached hydrogens (primary N) is 1. The van der Waals surface area contributed by atoms with E-state index in [1.807, 2.05) is 0 Å². The van der Waals surface area contributed by atoms with E-state index in [0.717, 1.165) is 0 Å². The topological polar surface area (TPSA) is 78.4 Å². The molecule has 0 aromatic heterocycles. The molecular weight excluding hydrogens is 276 g/mol. The normalized spacial score (nSPS) is 9.88. The number of hydrogen-bond acceptors (Lipinski definition) is 4. The second-order valence-corrected chi connectivity index (χ2v) is 4.19. The Hall–Kier alpha value is -1.40. The summed E-state index contributed by atoms with van der Waals surface area (Å²) < 4.78 is 5.85. The number of halogens is 1. The van der Waals surface area contributed by atoms with Crippen LogP contribution in [0.15, 0.2) is 29.3 Å². The number of hydrogen-bond donors (Lipinski definition) is 1. The van der Waals surface area contributed by atoms with Gasteiger partial charge in [-0.15, -0.1) is 0 Å². The Balaban J connectivity index is 2.98. The molecule has 0 fully saturated rings. The largest absolute Gasteiger partial charge is 0.481 e. The highest BCUT2D eigenvalue weighted by atomic mass is 79.9. The zero-order valence-electron chi connectivity index (χ0n) is 8.48. The van der Waals surface area contributed by atoms with E-state index in [1.54, 1.807) is 6.07 Å². The van der Waals surface area contributed by atoms with Crippen LogP contribution in [0, 0.1) is 10.1 Å². The predicted molar refractivity (Wildman–Crippen MR) is 64.5 cm³/mol. The lowest BCUT2D eigenvalue weighted by atomic mass is 10.2. The van der Waals surface area contributed by atoms with Crippen molar-refractivity contribution in [3.8, 4) is 5.75 Å². The molecule has 0 atom stereocenters. The molecule has 1 aromatic carbocycles. The first-order valence-electron chi connectivity index (χ1n) is 4.48. The quantitative estimate of drug-likeness (QED) is 0.666. The molecule has 1 rings (SSSR count). The van der Waals surface area contributed by atoms with Crippen LogP contribution in [-0.4, -0.2) is 11.5 Å². The van der Waals surface area contributed by atoms with Crippen molar-refractivity contribution >= 4 is 21.6 Å². The van der Waals surface area contributed by atoms with Crippen molar-refractivity contribution in [2.75, 3.05) is 6.61 Å². The van der Waals surface area contributed by atoms with Crippen LogP contribution in [0.2, 0.25) is 0 Å². The zero-order chi connectivity index (χ0) is 12.1. The molecule has 0 saturated carbocycles. The minimum Gasteiger partial charge on any atom is -0.481 e. The molecule has 0 heterocycles. The second kappa shape index (κ2) is 5.62. The van der Waals surface area contributed by atoms with Crippen LogP contribution in [0.1, 0.15) is 5.56 Å². The van der Waals surface area contributed by atoms with Crippen LogP contribution in [-0.2, 0) is 6.54 Å². The van der Waals surface area contributed by atoms with Gasteiger partial charge < -0.3 is 10.5 Å². The maximum absolute atomic E-state index is 10.8. The highest BCUT2D eigenvalue weighted by molar-refractivity contribution is 9.11. The summed E-state index contributed by atoms with van der Waals surface area (Å²) in [4.78, 5) is 10.3. The van der Waals surface area contributed by atoms with Gasteiger partial charge in [0.2, 0.25) is 0 Å². The Morgan fingerprint density at radius 2 is 2.31 bits per heavy atom. The van der Waals surface area contributed by atoms with Gasteiger partial charge in [0.25, 0.3) is 0 Å². The molecule has 0 aliphatic carbocycles. The molecule has 0 bridgehead atoms. The molecule has 0 spiro atoms. The van der Waals surface area contributed by atoms with Gasteiger partial charge in [0.15, 0.2) is 5.75 Å². The Labute approximate surface area is 101 Å². The average Bonchev–Trinajstić information content (AvgIpc) is 2.25. The number of nitrogens with zero attached hydrogens (tertiary/aromatic N) is 1. The predicted octanol–water partition coefficient (Wildman–Crippen LogP) is 2.34. The Kier molecular flexibility index (Phi) is 4.45. The molecule has 0 amide bonds. The summed E-state index contributed by atoms with van der Waals surface area (Å²) in [7, 11) is 0. The molecular formula is C10H11BrN2O3. The molecule has 5 nitrogen and oxygen atoms in total. The molecule has 0 radical (unpaired) electrons. The summed E-state index contributed by atoms with van der Waals surface area (Å²) in [6, 6.07) is 4.64. The maximum Gasteiger partial charge on any atom is 0.311 e. The summed E-state index contributed by atoms with van der Waals surface area (Å²) in [5.41, 5.74) is 6.01. The molecule has 2 N–H and O–H groups in total. The molecule has 6 heteroatoms. The van der Waals surface area contributed by atoms with Gasteiger partial charge in [-0.25, -0.2) is 0 Å². The second-order valence-electron chi connectivity index (χ2n) is 3.07. The van der Waals surface area contributed by atoms with Crippen LogP contribution in [0.5, 0.6) is 5.75 Å². The summed E-state index contributed by atoms with van der Waals surface area (Å²) in [5.74, 6) is 0.211. The first kappa shape index (κ1) is 12.7. The van der Waals surface area contributed by atoms with Crippen LogP contribution >= 0.6 is 15.9 Å². The van der Waals surface area contributed by atoms with E-state index in [1.165, 1.54) is 12.1 Å². The van der Waals surface area contributed by atoms with Gasteiger partial charge in [-0.1, -0.05) is 28.6 Å². The van der Waals surface area contributed by atoms with Gasteiger partial charge in [-0.05, 0) is 11.6 Å².